The van der Waals surface area contributed by atoms with Crippen LogP contribution in [0.3, 0.4) is 0 Å². The summed E-state index contributed by atoms with van der Waals surface area (Å²) in [5.74, 6) is 0.656. The topological polar surface area (TPSA) is 76.7 Å². The van der Waals surface area contributed by atoms with Crippen molar-refractivity contribution in [2.45, 2.75) is 13.8 Å². The molecule has 0 spiro atoms. The van der Waals surface area contributed by atoms with Crippen LogP contribution in [0.25, 0.3) is 0 Å². The Morgan fingerprint density at radius 2 is 1.38 bits per heavy atom. The van der Waals surface area contributed by atoms with Crippen molar-refractivity contribution in [2.24, 2.45) is 0 Å². The lowest BCUT2D eigenvalue weighted by Crippen LogP contribution is -2.16. The van der Waals surface area contributed by atoms with Crippen molar-refractivity contribution in [2.75, 3.05) is 17.4 Å². The van der Waals surface area contributed by atoms with Crippen LogP contribution < -0.4 is 20.1 Å². The summed E-state index contributed by atoms with van der Waals surface area (Å²) in [7, 11) is 0. The van der Waals surface area contributed by atoms with E-state index in [1.165, 1.54) is 0 Å². The first kappa shape index (κ1) is 18.6. The molecule has 0 saturated heterocycles. The second-order valence-electron chi connectivity index (χ2n) is 6.82. The molecule has 1 aliphatic heterocycles. The highest BCUT2D eigenvalue weighted by Crippen LogP contribution is 2.34. The van der Waals surface area contributed by atoms with E-state index in [9.17, 15) is 9.59 Å². The van der Waals surface area contributed by atoms with E-state index >= 15 is 0 Å². The maximum atomic E-state index is 12.7. The zero-order valence-corrected chi connectivity index (χ0v) is 16.1. The van der Waals surface area contributed by atoms with E-state index in [0.29, 0.717) is 28.3 Å². The highest BCUT2D eigenvalue weighted by atomic mass is 16.7. The summed E-state index contributed by atoms with van der Waals surface area (Å²) in [5, 5.41) is 5.75. The largest absolute Gasteiger partial charge is 0.454 e. The lowest BCUT2D eigenvalue weighted by atomic mass is 10.1. The van der Waals surface area contributed by atoms with Crippen molar-refractivity contribution < 1.29 is 19.1 Å². The minimum absolute atomic E-state index is 0.171. The van der Waals surface area contributed by atoms with Crippen molar-refractivity contribution >= 4 is 23.2 Å². The fraction of sp³-hybridized carbons (Fsp3) is 0.130. The van der Waals surface area contributed by atoms with Crippen LogP contribution in [0.5, 0.6) is 11.5 Å². The van der Waals surface area contributed by atoms with Crippen molar-refractivity contribution in [1.29, 1.82) is 0 Å². The zero-order chi connectivity index (χ0) is 20.4. The van der Waals surface area contributed by atoms with E-state index in [0.717, 1.165) is 16.8 Å². The number of carbonyl (C=O) groups excluding carboxylic acids is 2. The number of para-hydroxylation sites is 1. The molecule has 0 atom stereocenters. The van der Waals surface area contributed by atoms with Gasteiger partial charge in [0.1, 0.15) is 0 Å². The minimum Gasteiger partial charge on any atom is -0.454 e. The summed E-state index contributed by atoms with van der Waals surface area (Å²) in [6, 6.07) is 17.6. The van der Waals surface area contributed by atoms with Gasteiger partial charge in [0.15, 0.2) is 11.5 Å². The van der Waals surface area contributed by atoms with E-state index in [1.54, 1.807) is 42.5 Å². The van der Waals surface area contributed by atoms with Crippen molar-refractivity contribution in [1.82, 2.24) is 0 Å². The number of hydrogen-bond acceptors (Lipinski definition) is 4. The third kappa shape index (κ3) is 3.91. The van der Waals surface area contributed by atoms with Gasteiger partial charge in [0.25, 0.3) is 11.8 Å². The average molecular weight is 388 g/mol. The molecule has 2 N–H and O–H groups in total. The molecule has 0 fully saturated rings. The van der Waals surface area contributed by atoms with Crippen molar-refractivity contribution in [3.63, 3.8) is 0 Å². The molecule has 0 bridgehead atoms. The molecule has 146 valence electrons. The third-order valence-corrected chi connectivity index (χ3v) is 4.74. The van der Waals surface area contributed by atoms with Crippen molar-refractivity contribution in [3.8, 4) is 11.5 Å². The summed E-state index contributed by atoms with van der Waals surface area (Å²) in [4.78, 5) is 25.3. The van der Waals surface area contributed by atoms with Crippen LogP contribution in [-0.4, -0.2) is 18.6 Å². The summed E-state index contributed by atoms with van der Waals surface area (Å²) in [5.41, 5.74) is 4.13. The number of carbonyl (C=O) groups is 2. The number of ether oxygens (including phenoxy) is 2. The average Bonchev–Trinajstić information content (AvgIpc) is 3.18. The van der Waals surface area contributed by atoms with Gasteiger partial charge in [0.2, 0.25) is 6.79 Å². The highest BCUT2D eigenvalue weighted by molar-refractivity contribution is 6.09. The van der Waals surface area contributed by atoms with Gasteiger partial charge < -0.3 is 20.1 Å². The predicted octanol–water partition coefficient (Wildman–Crippen LogP) is 4.54. The molecule has 0 unspecified atom stereocenters. The molecule has 3 aromatic carbocycles. The van der Waals surface area contributed by atoms with Crippen LogP contribution in [0.15, 0.2) is 60.7 Å². The normalized spacial score (nSPS) is 11.8. The number of aryl methyl sites for hydroxylation is 2. The zero-order valence-electron chi connectivity index (χ0n) is 16.1. The molecule has 2 amide bonds. The highest BCUT2D eigenvalue weighted by Gasteiger charge is 2.16. The van der Waals surface area contributed by atoms with E-state index in [-0.39, 0.29) is 18.6 Å². The third-order valence-electron chi connectivity index (χ3n) is 4.74. The molecule has 1 aliphatic rings. The number of benzene rings is 3. The first-order valence-electron chi connectivity index (χ1n) is 9.20. The Kier molecular flexibility index (Phi) is 4.91. The fourth-order valence-corrected chi connectivity index (χ4v) is 3.18. The summed E-state index contributed by atoms with van der Waals surface area (Å²) < 4.78 is 10.6. The van der Waals surface area contributed by atoms with E-state index in [2.05, 4.69) is 10.6 Å². The molecule has 6 nitrogen and oxygen atoms in total. The Balaban J connectivity index is 1.50. The van der Waals surface area contributed by atoms with Gasteiger partial charge in [-0.25, -0.2) is 0 Å². The maximum Gasteiger partial charge on any atom is 0.255 e. The number of amides is 2. The Labute approximate surface area is 168 Å². The number of rotatable bonds is 4. The van der Waals surface area contributed by atoms with Gasteiger partial charge in [-0.1, -0.05) is 24.3 Å². The molecule has 0 radical (unpaired) electrons. The lowest BCUT2D eigenvalue weighted by molar-refractivity contribution is 0.102. The number of hydrogen-bond donors (Lipinski definition) is 2. The van der Waals surface area contributed by atoms with Crippen LogP contribution in [-0.2, 0) is 0 Å². The number of fused-ring (bicyclic) bond motifs is 1. The summed E-state index contributed by atoms with van der Waals surface area (Å²) in [6.07, 6.45) is 0. The minimum atomic E-state index is -0.314. The summed E-state index contributed by atoms with van der Waals surface area (Å²) >= 11 is 0. The fourth-order valence-electron chi connectivity index (χ4n) is 3.18. The second-order valence-corrected chi connectivity index (χ2v) is 6.82. The Bertz CT molecular complexity index is 1090. The summed E-state index contributed by atoms with van der Waals surface area (Å²) in [6.45, 7) is 4.06. The van der Waals surface area contributed by atoms with Gasteiger partial charge in [0.05, 0.1) is 0 Å². The van der Waals surface area contributed by atoms with Crippen LogP contribution in [0.1, 0.15) is 31.8 Å². The Hall–Kier alpha value is -3.80. The molecule has 0 aromatic heterocycles. The van der Waals surface area contributed by atoms with E-state index in [4.69, 9.17) is 9.47 Å². The van der Waals surface area contributed by atoms with Crippen LogP contribution in [0, 0.1) is 13.8 Å². The van der Waals surface area contributed by atoms with Gasteiger partial charge >= 0.3 is 0 Å². The van der Waals surface area contributed by atoms with E-state index < -0.39 is 0 Å². The first-order chi connectivity index (χ1) is 14.0. The van der Waals surface area contributed by atoms with Crippen LogP contribution in [0.2, 0.25) is 0 Å². The van der Waals surface area contributed by atoms with E-state index in [1.807, 2.05) is 32.0 Å². The van der Waals surface area contributed by atoms with Crippen molar-refractivity contribution in [3.05, 3.63) is 82.9 Å². The van der Waals surface area contributed by atoms with Crippen LogP contribution in [0.4, 0.5) is 11.4 Å². The molecule has 4 rings (SSSR count). The SMILES string of the molecule is Cc1cccc(C)c1NC(=O)c1cccc(C(=O)Nc2ccc3c(c2)OCO3)c1. The standard InChI is InChI=1S/C23H20N2O4/c1-14-5-3-6-15(2)21(14)25-23(27)17-8-4-7-16(11-17)22(26)24-18-9-10-19-20(12-18)29-13-28-19/h3-12H,13H2,1-2H3,(H,24,26)(H,25,27). The van der Waals surface area contributed by atoms with Gasteiger partial charge in [0, 0.05) is 28.6 Å². The number of anilines is 2. The molecular weight excluding hydrogens is 368 g/mol. The van der Waals surface area contributed by atoms with Gasteiger partial charge in [-0.15, -0.1) is 0 Å². The number of nitrogens with one attached hydrogen (secondary N) is 2. The molecule has 0 saturated carbocycles. The molecule has 29 heavy (non-hydrogen) atoms. The second kappa shape index (κ2) is 7.67. The quantitative estimate of drug-likeness (QED) is 0.688. The molecule has 3 aromatic rings. The lowest BCUT2D eigenvalue weighted by Gasteiger charge is -2.12. The maximum absolute atomic E-state index is 12.7. The first-order valence-corrected chi connectivity index (χ1v) is 9.20. The van der Waals surface area contributed by atoms with Gasteiger partial charge in [-0.2, -0.15) is 0 Å². The predicted molar refractivity (Wildman–Crippen MR) is 111 cm³/mol. The molecule has 6 heteroatoms. The smallest absolute Gasteiger partial charge is 0.255 e. The van der Waals surface area contributed by atoms with Crippen LogP contribution >= 0.6 is 0 Å². The monoisotopic (exact) mass is 388 g/mol. The molecule has 0 aliphatic carbocycles. The van der Waals surface area contributed by atoms with Gasteiger partial charge in [-0.05, 0) is 55.3 Å². The Morgan fingerprint density at radius 3 is 2.10 bits per heavy atom. The molecular formula is C23H20N2O4. The van der Waals surface area contributed by atoms with Gasteiger partial charge in [-0.3, -0.25) is 9.59 Å². The Morgan fingerprint density at radius 1 is 0.759 bits per heavy atom. The molecule has 1 heterocycles.